The van der Waals surface area contributed by atoms with Crippen LogP contribution in [0.3, 0.4) is 0 Å². The fraction of sp³-hybridized carbons (Fsp3) is 0.444. The van der Waals surface area contributed by atoms with E-state index in [4.69, 9.17) is 10.2 Å². The second kappa shape index (κ2) is 4.83. The lowest BCUT2D eigenvalue weighted by atomic mass is 10.4. The van der Waals surface area contributed by atoms with Gasteiger partial charge in [0.1, 0.15) is 0 Å². The summed E-state index contributed by atoms with van der Waals surface area (Å²) >= 11 is 0. The summed E-state index contributed by atoms with van der Waals surface area (Å²) in [7, 11) is 0. The molecule has 17 heavy (non-hydrogen) atoms. The van der Waals surface area contributed by atoms with Gasteiger partial charge in [-0.25, -0.2) is 4.98 Å². The first-order valence-corrected chi connectivity index (χ1v) is 5.16. The predicted molar refractivity (Wildman–Crippen MR) is 59.6 cm³/mol. The van der Waals surface area contributed by atoms with Gasteiger partial charge in [0.25, 0.3) is 5.95 Å². The Bertz CT molecular complexity index is 510. The molecule has 0 aliphatic rings. The summed E-state index contributed by atoms with van der Waals surface area (Å²) in [5.74, 6) is 0.808. The van der Waals surface area contributed by atoms with Crippen molar-refractivity contribution in [3.05, 3.63) is 17.3 Å². The number of rotatable bonds is 4. The third-order valence-electron chi connectivity index (χ3n) is 2.14. The van der Waals surface area contributed by atoms with E-state index < -0.39 is 0 Å². The Kier molecular flexibility index (Phi) is 3.24. The molecule has 0 amide bonds. The SMILES string of the molecule is Cc1nnc(Nc2nnc(CCN)o2)nc1C. The highest BCUT2D eigenvalue weighted by atomic mass is 16.4. The molecule has 8 heteroatoms. The highest BCUT2D eigenvalue weighted by Gasteiger charge is 2.08. The molecule has 0 saturated carbocycles. The molecular weight excluding hydrogens is 222 g/mol. The normalized spacial score (nSPS) is 10.5. The summed E-state index contributed by atoms with van der Waals surface area (Å²) in [5, 5.41) is 18.2. The summed E-state index contributed by atoms with van der Waals surface area (Å²) < 4.78 is 5.28. The van der Waals surface area contributed by atoms with Crippen molar-refractivity contribution in [3.8, 4) is 0 Å². The third kappa shape index (κ3) is 2.72. The Morgan fingerprint density at radius 2 is 1.94 bits per heavy atom. The maximum atomic E-state index is 5.38. The number of nitrogens with zero attached hydrogens (tertiary/aromatic N) is 5. The lowest BCUT2D eigenvalue weighted by Gasteiger charge is -2.00. The molecule has 2 aromatic heterocycles. The van der Waals surface area contributed by atoms with Gasteiger partial charge in [-0.2, -0.15) is 5.10 Å². The molecule has 0 aromatic carbocycles. The van der Waals surface area contributed by atoms with E-state index in [1.807, 2.05) is 13.8 Å². The van der Waals surface area contributed by atoms with E-state index in [0.29, 0.717) is 24.8 Å². The molecule has 0 saturated heterocycles. The molecule has 2 heterocycles. The Labute approximate surface area is 97.7 Å². The third-order valence-corrected chi connectivity index (χ3v) is 2.14. The van der Waals surface area contributed by atoms with Gasteiger partial charge in [-0.15, -0.1) is 10.2 Å². The fourth-order valence-corrected chi connectivity index (χ4v) is 1.13. The van der Waals surface area contributed by atoms with Gasteiger partial charge in [0.15, 0.2) is 0 Å². The number of nitrogens with two attached hydrogens (primary N) is 1. The van der Waals surface area contributed by atoms with Crippen molar-refractivity contribution in [3.63, 3.8) is 0 Å². The summed E-state index contributed by atoms with van der Waals surface area (Å²) in [4.78, 5) is 4.19. The Morgan fingerprint density at radius 3 is 2.65 bits per heavy atom. The minimum atomic E-state index is 0.235. The zero-order chi connectivity index (χ0) is 12.3. The number of nitrogens with one attached hydrogen (secondary N) is 1. The smallest absolute Gasteiger partial charge is 0.322 e. The van der Waals surface area contributed by atoms with Crippen LogP contribution < -0.4 is 11.1 Å². The van der Waals surface area contributed by atoms with E-state index in [-0.39, 0.29) is 6.01 Å². The van der Waals surface area contributed by atoms with Crippen LogP contribution >= 0.6 is 0 Å². The molecule has 0 bridgehead atoms. The number of hydrogen-bond donors (Lipinski definition) is 2. The second-order valence-electron chi connectivity index (χ2n) is 3.47. The van der Waals surface area contributed by atoms with Gasteiger partial charge < -0.3 is 10.2 Å². The molecule has 2 aromatic rings. The standard InChI is InChI=1S/C9H13N7O/c1-5-6(2)13-15-8(11-5)12-9-16-14-7(17-9)3-4-10/h3-4,10H2,1-2H3,(H,11,12,15,16). The topological polar surface area (TPSA) is 116 Å². The van der Waals surface area contributed by atoms with E-state index in [1.54, 1.807) is 0 Å². The molecule has 0 radical (unpaired) electrons. The van der Waals surface area contributed by atoms with E-state index >= 15 is 0 Å². The van der Waals surface area contributed by atoms with Gasteiger partial charge in [-0.1, -0.05) is 5.10 Å². The molecule has 3 N–H and O–H groups in total. The number of hydrogen-bond acceptors (Lipinski definition) is 8. The zero-order valence-corrected chi connectivity index (χ0v) is 9.64. The summed E-state index contributed by atoms with van der Waals surface area (Å²) in [6.45, 7) is 4.15. The van der Waals surface area contributed by atoms with Crippen molar-refractivity contribution in [2.45, 2.75) is 20.3 Å². The second-order valence-corrected chi connectivity index (χ2v) is 3.47. The van der Waals surface area contributed by atoms with E-state index in [2.05, 4.69) is 30.7 Å². The molecule has 0 atom stereocenters. The monoisotopic (exact) mass is 235 g/mol. The van der Waals surface area contributed by atoms with Crippen molar-refractivity contribution in [2.75, 3.05) is 11.9 Å². The van der Waals surface area contributed by atoms with Crippen LogP contribution in [-0.2, 0) is 6.42 Å². The number of aryl methyl sites for hydroxylation is 2. The molecular formula is C9H13N7O. The van der Waals surface area contributed by atoms with E-state index in [0.717, 1.165) is 11.4 Å². The van der Waals surface area contributed by atoms with Gasteiger partial charge in [0, 0.05) is 13.0 Å². The summed E-state index contributed by atoms with van der Waals surface area (Å²) in [5.41, 5.74) is 6.95. The maximum absolute atomic E-state index is 5.38. The van der Waals surface area contributed by atoms with Gasteiger partial charge >= 0.3 is 6.01 Å². The van der Waals surface area contributed by atoms with Crippen molar-refractivity contribution in [1.82, 2.24) is 25.4 Å². The minimum absolute atomic E-state index is 0.235. The Balaban J connectivity index is 2.11. The van der Waals surface area contributed by atoms with Crippen LogP contribution in [0.15, 0.2) is 4.42 Å². The fourth-order valence-electron chi connectivity index (χ4n) is 1.13. The predicted octanol–water partition coefficient (Wildman–Crippen LogP) is 0.116. The molecule has 90 valence electrons. The van der Waals surface area contributed by atoms with Crippen LogP contribution in [0.1, 0.15) is 17.3 Å². The van der Waals surface area contributed by atoms with Gasteiger partial charge in [-0.3, -0.25) is 5.32 Å². The van der Waals surface area contributed by atoms with Gasteiger partial charge in [-0.05, 0) is 13.8 Å². The first-order chi connectivity index (χ1) is 8.19. The van der Waals surface area contributed by atoms with Crippen LogP contribution in [0.25, 0.3) is 0 Å². The largest absolute Gasteiger partial charge is 0.408 e. The lowest BCUT2D eigenvalue weighted by Crippen LogP contribution is -2.03. The van der Waals surface area contributed by atoms with Crippen molar-refractivity contribution < 1.29 is 4.42 Å². The molecule has 2 rings (SSSR count). The highest BCUT2D eigenvalue weighted by Crippen LogP contribution is 2.11. The van der Waals surface area contributed by atoms with Crippen molar-refractivity contribution in [1.29, 1.82) is 0 Å². The average Bonchev–Trinajstić information content (AvgIpc) is 2.72. The van der Waals surface area contributed by atoms with E-state index in [9.17, 15) is 0 Å². The van der Waals surface area contributed by atoms with Crippen LogP contribution in [0, 0.1) is 13.8 Å². The van der Waals surface area contributed by atoms with Crippen molar-refractivity contribution in [2.24, 2.45) is 5.73 Å². The van der Waals surface area contributed by atoms with Crippen LogP contribution in [0.4, 0.5) is 12.0 Å². The van der Waals surface area contributed by atoms with Crippen LogP contribution in [0.2, 0.25) is 0 Å². The Morgan fingerprint density at radius 1 is 1.12 bits per heavy atom. The molecule has 0 fully saturated rings. The van der Waals surface area contributed by atoms with Gasteiger partial charge in [0.2, 0.25) is 5.89 Å². The maximum Gasteiger partial charge on any atom is 0.322 e. The van der Waals surface area contributed by atoms with Crippen molar-refractivity contribution >= 4 is 12.0 Å². The quantitative estimate of drug-likeness (QED) is 0.767. The molecule has 0 unspecified atom stereocenters. The van der Waals surface area contributed by atoms with E-state index in [1.165, 1.54) is 0 Å². The van der Waals surface area contributed by atoms with Crippen LogP contribution in [0.5, 0.6) is 0 Å². The summed E-state index contributed by atoms with van der Waals surface area (Å²) in [6.07, 6.45) is 0.542. The minimum Gasteiger partial charge on any atom is -0.408 e. The lowest BCUT2D eigenvalue weighted by molar-refractivity contribution is 0.509. The zero-order valence-electron chi connectivity index (χ0n) is 9.64. The molecule has 8 nitrogen and oxygen atoms in total. The molecule has 0 aliphatic heterocycles. The number of aromatic nitrogens is 5. The Hall–Kier alpha value is -2.09. The number of anilines is 2. The first kappa shape index (κ1) is 11.4. The molecule has 0 spiro atoms. The summed E-state index contributed by atoms with van der Waals surface area (Å²) in [6, 6.07) is 0.235. The highest BCUT2D eigenvalue weighted by molar-refractivity contribution is 5.38. The molecule has 0 aliphatic carbocycles. The van der Waals surface area contributed by atoms with Crippen LogP contribution in [-0.4, -0.2) is 31.9 Å². The first-order valence-electron chi connectivity index (χ1n) is 5.16. The average molecular weight is 235 g/mol. The van der Waals surface area contributed by atoms with Gasteiger partial charge in [0.05, 0.1) is 11.4 Å².